The number of hydrogen-bond donors (Lipinski definition) is 2. The third-order valence-electron chi connectivity index (χ3n) is 4.12. The molecule has 0 bridgehead atoms. The van der Waals surface area contributed by atoms with Crippen LogP contribution in [0.5, 0.6) is 5.75 Å². The molecule has 0 aromatic heterocycles. The molecule has 0 unspecified atom stereocenters. The number of nitrogens with zero attached hydrogens (tertiary/aromatic N) is 1. The van der Waals surface area contributed by atoms with Crippen LogP contribution in [-0.2, 0) is 11.2 Å². The topological polar surface area (TPSA) is 60.8 Å². The number of amides is 1. The molecule has 1 aliphatic rings. The van der Waals surface area contributed by atoms with Crippen molar-refractivity contribution in [2.45, 2.75) is 44.6 Å². The highest BCUT2D eigenvalue weighted by molar-refractivity contribution is 5.78. The third kappa shape index (κ3) is 3.51. The first-order valence-corrected chi connectivity index (χ1v) is 7.14. The van der Waals surface area contributed by atoms with Crippen LogP contribution >= 0.6 is 0 Å². The Morgan fingerprint density at radius 2 is 2.00 bits per heavy atom. The van der Waals surface area contributed by atoms with Gasteiger partial charge in [-0.1, -0.05) is 25.0 Å². The summed E-state index contributed by atoms with van der Waals surface area (Å²) in [5.41, 5.74) is 0.887. The zero-order chi connectivity index (χ0) is 14.8. The summed E-state index contributed by atoms with van der Waals surface area (Å²) in [4.78, 5) is 13.8. The normalized spacial score (nSPS) is 17.1. The number of benzene rings is 1. The Morgan fingerprint density at radius 1 is 1.35 bits per heavy atom. The van der Waals surface area contributed by atoms with Gasteiger partial charge in [-0.15, -0.1) is 0 Å². The van der Waals surface area contributed by atoms with Crippen molar-refractivity contribution < 1.29 is 15.0 Å². The minimum absolute atomic E-state index is 0.0337. The van der Waals surface area contributed by atoms with Crippen LogP contribution in [-0.4, -0.2) is 40.2 Å². The molecule has 1 aromatic rings. The van der Waals surface area contributed by atoms with E-state index >= 15 is 0 Å². The van der Waals surface area contributed by atoms with Gasteiger partial charge in [-0.05, 0) is 37.0 Å². The molecule has 1 amide bonds. The largest absolute Gasteiger partial charge is 0.508 e. The van der Waals surface area contributed by atoms with Gasteiger partial charge in [0.15, 0.2) is 0 Å². The molecule has 2 rings (SSSR count). The number of aliphatic hydroxyl groups is 1. The molecule has 1 fully saturated rings. The van der Waals surface area contributed by atoms with E-state index in [-0.39, 0.29) is 18.1 Å². The number of phenols is 1. The molecule has 4 heteroatoms. The molecule has 0 radical (unpaired) electrons. The lowest BCUT2D eigenvalue weighted by molar-refractivity contribution is -0.132. The maximum atomic E-state index is 12.2. The fourth-order valence-electron chi connectivity index (χ4n) is 2.80. The number of hydrogen-bond acceptors (Lipinski definition) is 3. The van der Waals surface area contributed by atoms with Crippen molar-refractivity contribution in [2.75, 3.05) is 13.6 Å². The van der Waals surface area contributed by atoms with Crippen molar-refractivity contribution in [3.63, 3.8) is 0 Å². The molecular formula is C16H23NO3. The highest BCUT2D eigenvalue weighted by Gasteiger charge is 2.33. The van der Waals surface area contributed by atoms with E-state index in [0.717, 1.165) is 36.8 Å². The lowest BCUT2D eigenvalue weighted by Gasteiger charge is -2.28. The Balaban J connectivity index is 1.95. The van der Waals surface area contributed by atoms with Crippen molar-refractivity contribution in [1.82, 2.24) is 4.90 Å². The maximum Gasteiger partial charge on any atom is 0.226 e. The lowest BCUT2D eigenvalue weighted by atomic mass is 10.0. The summed E-state index contributed by atoms with van der Waals surface area (Å²) in [6, 6.07) is 5.29. The van der Waals surface area contributed by atoms with Crippen LogP contribution in [0.15, 0.2) is 18.2 Å². The first-order chi connectivity index (χ1) is 9.39. The van der Waals surface area contributed by atoms with Gasteiger partial charge in [0, 0.05) is 13.6 Å². The van der Waals surface area contributed by atoms with Crippen LogP contribution in [0.4, 0.5) is 0 Å². The summed E-state index contributed by atoms with van der Waals surface area (Å²) in [6.45, 7) is 2.21. The maximum absolute atomic E-state index is 12.2. The lowest BCUT2D eigenvalue weighted by Crippen LogP contribution is -2.42. The van der Waals surface area contributed by atoms with Gasteiger partial charge in [-0.2, -0.15) is 0 Å². The van der Waals surface area contributed by atoms with Crippen molar-refractivity contribution in [2.24, 2.45) is 0 Å². The molecule has 1 aromatic carbocycles. The van der Waals surface area contributed by atoms with Gasteiger partial charge in [0.05, 0.1) is 12.0 Å². The summed E-state index contributed by atoms with van der Waals surface area (Å²) in [7, 11) is 1.73. The van der Waals surface area contributed by atoms with Gasteiger partial charge in [0.25, 0.3) is 0 Å². The molecule has 110 valence electrons. The fourth-order valence-corrected chi connectivity index (χ4v) is 2.80. The van der Waals surface area contributed by atoms with Crippen molar-refractivity contribution in [3.8, 4) is 5.75 Å². The zero-order valence-electron chi connectivity index (χ0n) is 12.2. The van der Waals surface area contributed by atoms with E-state index in [2.05, 4.69) is 0 Å². The van der Waals surface area contributed by atoms with Crippen LogP contribution in [0.1, 0.15) is 36.8 Å². The van der Waals surface area contributed by atoms with E-state index in [1.807, 2.05) is 19.1 Å². The fraction of sp³-hybridized carbons (Fsp3) is 0.562. The summed E-state index contributed by atoms with van der Waals surface area (Å²) >= 11 is 0. The van der Waals surface area contributed by atoms with Crippen LogP contribution in [0.3, 0.4) is 0 Å². The van der Waals surface area contributed by atoms with Crippen LogP contribution in [0.2, 0.25) is 0 Å². The van der Waals surface area contributed by atoms with Gasteiger partial charge in [0.1, 0.15) is 5.75 Å². The van der Waals surface area contributed by atoms with E-state index in [1.54, 1.807) is 18.0 Å². The van der Waals surface area contributed by atoms with Crippen molar-refractivity contribution >= 4 is 5.91 Å². The van der Waals surface area contributed by atoms with E-state index in [9.17, 15) is 15.0 Å². The molecule has 2 N–H and O–H groups in total. The number of carbonyl (C=O) groups excluding carboxylic acids is 1. The second kappa shape index (κ2) is 5.83. The molecule has 1 aliphatic carbocycles. The van der Waals surface area contributed by atoms with Crippen LogP contribution in [0, 0.1) is 6.92 Å². The Labute approximate surface area is 120 Å². The SMILES string of the molecule is Cc1ccc(CC(=O)N(C)CC2(O)CCCC2)cc1O. The minimum Gasteiger partial charge on any atom is -0.508 e. The summed E-state index contributed by atoms with van der Waals surface area (Å²) in [5.74, 6) is 0.181. The smallest absolute Gasteiger partial charge is 0.226 e. The standard InChI is InChI=1S/C16H23NO3/c1-12-5-6-13(9-14(12)18)10-15(19)17(2)11-16(20)7-3-4-8-16/h5-6,9,18,20H,3-4,7-8,10-11H2,1-2H3. The molecule has 0 spiro atoms. The van der Waals surface area contributed by atoms with E-state index in [1.165, 1.54) is 0 Å². The Kier molecular flexibility index (Phi) is 4.33. The highest BCUT2D eigenvalue weighted by Crippen LogP contribution is 2.30. The summed E-state index contributed by atoms with van der Waals surface area (Å²) in [5, 5.41) is 20.0. The minimum atomic E-state index is -0.709. The monoisotopic (exact) mass is 277 g/mol. The average molecular weight is 277 g/mol. The van der Waals surface area contributed by atoms with Gasteiger partial charge in [-0.25, -0.2) is 0 Å². The van der Waals surface area contributed by atoms with Gasteiger partial charge in [-0.3, -0.25) is 4.79 Å². The van der Waals surface area contributed by atoms with Crippen LogP contribution < -0.4 is 0 Å². The Bertz CT molecular complexity index is 492. The quantitative estimate of drug-likeness (QED) is 0.885. The second-order valence-corrected chi connectivity index (χ2v) is 5.98. The predicted octanol–water partition coefficient (Wildman–Crippen LogP) is 2.01. The number of aromatic hydroxyl groups is 1. The molecule has 0 atom stereocenters. The molecule has 0 aliphatic heterocycles. The first-order valence-electron chi connectivity index (χ1n) is 7.14. The molecular weight excluding hydrogens is 254 g/mol. The number of likely N-dealkylation sites (N-methyl/N-ethyl adjacent to an activating group) is 1. The molecule has 4 nitrogen and oxygen atoms in total. The van der Waals surface area contributed by atoms with Gasteiger partial charge < -0.3 is 15.1 Å². The highest BCUT2D eigenvalue weighted by atomic mass is 16.3. The second-order valence-electron chi connectivity index (χ2n) is 5.98. The number of phenolic OH excluding ortho intramolecular Hbond substituents is 1. The van der Waals surface area contributed by atoms with E-state index in [4.69, 9.17) is 0 Å². The number of carbonyl (C=O) groups is 1. The Morgan fingerprint density at radius 3 is 2.60 bits per heavy atom. The van der Waals surface area contributed by atoms with Crippen molar-refractivity contribution in [3.05, 3.63) is 29.3 Å². The number of aryl methyl sites for hydroxylation is 1. The average Bonchev–Trinajstić information content (AvgIpc) is 2.80. The van der Waals surface area contributed by atoms with E-state index < -0.39 is 5.60 Å². The van der Waals surface area contributed by atoms with Gasteiger partial charge in [0.2, 0.25) is 5.91 Å². The van der Waals surface area contributed by atoms with E-state index in [0.29, 0.717) is 6.54 Å². The van der Waals surface area contributed by atoms with Gasteiger partial charge >= 0.3 is 0 Å². The molecule has 0 heterocycles. The zero-order valence-corrected chi connectivity index (χ0v) is 12.2. The summed E-state index contributed by atoms with van der Waals surface area (Å²) in [6.07, 6.45) is 3.86. The Hall–Kier alpha value is -1.55. The van der Waals surface area contributed by atoms with Crippen LogP contribution in [0.25, 0.3) is 0 Å². The van der Waals surface area contributed by atoms with Crippen molar-refractivity contribution in [1.29, 1.82) is 0 Å². The third-order valence-corrected chi connectivity index (χ3v) is 4.12. The molecule has 1 saturated carbocycles. The number of rotatable bonds is 4. The predicted molar refractivity (Wildman–Crippen MR) is 77.6 cm³/mol. The first kappa shape index (κ1) is 14.9. The molecule has 0 saturated heterocycles. The summed E-state index contributed by atoms with van der Waals surface area (Å²) < 4.78 is 0. The molecule has 20 heavy (non-hydrogen) atoms.